The average Bonchev–Trinajstić information content (AvgIpc) is 2.46. The lowest BCUT2D eigenvalue weighted by atomic mass is 10.1. The minimum atomic E-state index is -3.15. The SMILES string of the molecule is CCS(=O)(=O)C[C@@H](C)N(C)C(=O)N[C@H](C)c1ccc(F)cc1. The van der Waals surface area contributed by atoms with E-state index < -0.39 is 15.9 Å². The number of nitrogens with one attached hydrogen (secondary N) is 1. The van der Waals surface area contributed by atoms with E-state index in [9.17, 15) is 17.6 Å². The molecule has 7 heteroatoms. The highest BCUT2D eigenvalue weighted by Gasteiger charge is 2.22. The summed E-state index contributed by atoms with van der Waals surface area (Å²) >= 11 is 0. The van der Waals surface area contributed by atoms with Gasteiger partial charge >= 0.3 is 6.03 Å². The molecule has 22 heavy (non-hydrogen) atoms. The van der Waals surface area contributed by atoms with Crippen molar-refractivity contribution in [1.82, 2.24) is 10.2 Å². The first-order valence-electron chi connectivity index (χ1n) is 7.15. The van der Waals surface area contributed by atoms with Crippen LogP contribution in [0.25, 0.3) is 0 Å². The van der Waals surface area contributed by atoms with E-state index in [4.69, 9.17) is 0 Å². The minimum Gasteiger partial charge on any atom is -0.331 e. The van der Waals surface area contributed by atoms with Gasteiger partial charge in [0, 0.05) is 18.8 Å². The Morgan fingerprint density at radius 2 is 1.82 bits per heavy atom. The van der Waals surface area contributed by atoms with E-state index in [0.29, 0.717) is 0 Å². The third-order valence-corrected chi connectivity index (χ3v) is 5.50. The number of benzene rings is 1. The van der Waals surface area contributed by atoms with Gasteiger partial charge in [-0.3, -0.25) is 0 Å². The highest BCUT2D eigenvalue weighted by molar-refractivity contribution is 7.91. The number of amides is 2. The summed E-state index contributed by atoms with van der Waals surface area (Å²) in [6.07, 6.45) is 0. The fourth-order valence-electron chi connectivity index (χ4n) is 1.92. The lowest BCUT2D eigenvalue weighted by Gasteiger charge is -2.27. The molecule has 0 aromatic heterocycles. The van der Waals surface area contributed by atoms with E-state index in [-0.39, 0.29) is 29.4 Å². The molecule has 2 amide bonds. The van der Waals surface area contributed by atoms with E-state index in [2.05, 4.69) is 5.32 Å². The number of nitrogens with zero attached hydrogens (tertiary/aromatic N) is 1. The van der Waals surface area contributed by atoms with E-state index in [0.717, 1.165) is 5.56 Å². The molecule has 0 saturated carbocycles. The molecule has 0 saturated heterocycles. The molecule has 1 N–H and O–H groups in total. The predicted molar refractivity (Wildman–Crippen MR) is 84.9 cm³/mol. The highest BCUT2D eigenvalue weighted by atomic mass is 32.2. The van der Waals surface area contributed by atoms with Crippen LogP contribution < -0.4 is 5.32 Å². The number of carbonyl (C=O) groups is 1. The Kier molecular flexibility index (Phi) is 6.34. The van der Waals surface area contributed by atoms with E-state index >= 15 is 0 Å². The quantitative estimate of drug-likeness (QED) is 0.871. The topological polar surface area (TPSA) is 66.5 Å². The molecule has 124 valence electrons. The molecule has 0 radical (unpaired) electrons. The second kappa shape index (κ2) is 7.58. The standard InChI is InChI=1S/C15H23FN2O3S/c1-5-22(20,21)10-11(2)18(4)15(19)17-12(3)13-6-8-14(16)9-7-13/h6-9,11-12H,5,10H2,1-4H3,(H,17,19)/t11-,12-/m1/s1. The van der Waals surface area contributed by atoms with Crippen LogP contribution in [0.3, 0.4) is 0 Å². The Morgan fingerprint density at radius 3 is 2.32 bits per heavy atom. The summed E-state index contributed by atoms with van der Waals surface area (Å²) in [5, 5.41) is 2.77. The molecule has 0 unspecified atom stereocenters. The zero-order valence-corrected chi connectivity index (χ0v) is 14.2. The third kappa shape index (κ3) is 5.29. The Hall–Kier alpha value is -1.63. The smallest absolute Gasteiger partial charge is 0.317 e. The van der Waals surface area contributed by atoms with Crippen molar-refractivity contribution >= 4 is 15.9 Å². The van der Waals surface area contributed by atoms with Crippen LogP contribution in [-0.2, 0) is 9.84 Å². The molecule has 0 spiro atoms. The van der Waals surface area contributed by atoms with Crippen LogP contribution in [0.4, 0.5) is 9.18 Å². The van der Waals surface area contributed by atoms with Crippen molar-refractivity contribution in [2.75, 3.05) is 18.6 Å². The number of rotatable bonds is 6. The van der Waals surface area contributed by atoms with E-state index in [1.165, 1.54) is 17.0 Å². The van der Waals surface area contributed by atoms with Crippen LogP contribution in [0, 0.1) is 5.82 Å². The summed E-state index contributed by atoms with van der Waals surface area (Å²) in [6, 6.07) is 4.78. The van der Waals surface area contributed by atoms with Crippen molar-refractivity contribution in [2.24, 2.45) is 0 Å². The van der Waals surface area contributed by atoms with Gasteiger partial charge in [0.05, 0.1) is 11.8 Å². The first-order chi connectivity index (χ1) is 10.2. The molecule has 1 rings (SSSR count). The van der Waals surface area contributed by atoms with Crippen molar-refractivity contribution in [2.45, 2.75) is 32.9 Å². The van der Waals surface area contributed by atoms with Gasteiger partial charge < -0.3 is 10.2 Å². The number of hydrogen-bond acceptors (Lipinski definition) is 3. The molecule has 0 aliphatic carbocycles. The molecule has 0 bridgehead atoms. The molecular formula is C15H23FN2O3S. The largest absolute Gasteiger partial charge is 0.331 e. The molecule has 0 heterocycles. The Labute approximate surface area is 131 Å². The van der Waals surface area contributed by atoms with Gasteiger partial charge in [-0.15, -0.1) is 0 Å². The van der Waals surface area contributed by atoms with Crippen molar-refractivity contribution < 1.29 is 17.6 Å². The fraction of sp³-hybridized carbons (Fsp3) is 0.533. The number of sulfone groups is 1. The lowest BCUT2D eigenvalue weighted by Crippen LogP contribution is -2.45. The maximum Gasteiger partial charge on any atom is 0.317 e. The van der Waals surface area contributed by atoms with Crippen LogP contribution in [0.1, 0.15) is 32.4 Å². The molecule has 0 aliphatic rings. The Balaban J connectivity index is 2.65. The molecule has 2 atom stereocenters. The van der Waals surface area contributed by atoms with Crippen molar-refractivity contribution in [3.8, 4) is 0 Å². The number of carbonyl (C=O) groups excluding carboxylic acids is 1. The minimum absolute atomic E-state index is 0.0543. The van der Waals surface area contributed by atoms with Crippen LogP contribution in [0.15, 0.2) is 24.3 Å². The summed E-state index contributed by atoms with van der Waals surface area (Å²) in [6.45, 7) is 5.06. The van der Waals surface area contributed by atoms with Crippen LogP contribution in [-0.4, -0.2) is 43.9 Å². The van der Waals surface area contributed by atoms with Crippen LogP contribution >= 0.6 is 0 Å². The summed E-state index contributed by atoms with van der Waals surface area (Å²) in [5.41, 5.74) is 0.775. The van der Waals surface area contributed by atoms with Gasteiger partial charge in [-0.25, -0.2) is 17.6 Å². The molecular weight excluding hydrogens is 307 g/mol. The molecule has 1 aromatic carbocycles. The summed E-state index contributed by atoms with van der Waals surface area (Å²) < 4.78 is 36.1. The van der Waals surface area contributed by atoms with Gasteiger partial charge in [0.15, 0.2) is 9.84 Å². The van der Waals surface area contributed by atoms with Gasteiger partial charge in [-0.2, -0.15) is 0 Å². The second-order valence-corrected chi connectivity index (χ2v) is 7.78. The van der Waals surface area contributed by atoms with Crippen molar-refractivity contribution in [3.05, 3.63) is 35.6 Å². The third-order valence-electron chi connectivity index (χ3n) is 3.63. The van der Waals surface area contributed by atoms with Crippen molar-refractivity contribution in [3.63, 3.8) is 0 Å². The molecule has 0 aliphatic heterocycles. The van der Waals surface area contributed by atoms with E-state index in [1.54, 1.807) is 40.0 Å². The number of urea groups is 1. The van der Waals surface area contributed by atoms with Crippen LogP contribution in [0.5, 0.6) is 0 Å². The average molecular weight is 330 g/mol. The van der Waals surface area contributed by atoms with Gasteiger partial charge in [0.2, 0.25) is 0 Å². The number of halogens is 1. The lowest BCUT2D eigenvalue weighted by molar-refractivity contribution is 0.195. The van der Waals surface area contributed by atoms with Gasteiger partial charge in [-0.1, -0.05) is 19.1 Å². The van der Waals surface area contributed by atoms with Gasteiger partial charge in [-0.05, 0) is 31.5 Å². The highest BCUT2D eigenvalue weighted by Crippen LogP contribution is 2.13. The summed E-state index contributed by atoms with van der Waals surface area (Å²) in [7, 11) is -1.59. The zero-order chi connectivity index (χ0) is 16.9. The normalized spacial score (nSPS) is 14.2. The molecule has 5 nitrogen and oxygen atoms in total. The Morgan fingerprint density at radius 1 is 1.27 bits per heavy atom. The number of hydrogen-bond donors (Lipinski definition) is 1. The summed E-state index contributed by atoms with van der Waals surface area (Å²) in [5.74, 6) is -0.352. The van der Waals surface area contributed by atoms with E-state index in [1.807, 2.05) is 0 Å². The van der Waals surface area contributed by atoms with Crippen molar-refractivity contribution in [1.29, 1.82) is 0 Å². The predicted octanol–water partition coefficient (Wildman–Crippen LogP) is 2.35. The maximum absolute atomic E-state index is 12.9. The fourth-order valence-corrected chi connectivity index (χ4v) is 3.11. The monoisotopic (exact) mass is 330 g/mol. The maximum atomic E-state index is 12.9. The second-order valence-electron chi connectivity index (χ2n) is 5.38. The van der Waals surface area contributed by atoms with Crippen LogP contribution in [0.2, 0.25) is 0 Å². The van der Waals surface area contributed by atoms with Gasteiger partial charge in [0.1, 0.15) is 5.82 Å². The van der Waals surface area contributed by atoms with Gasteiger partial charge in [0.25, 0.3) is 0 Å². The first kappa shape index (κ1) is 18.4. The Bertz CT molecular complexity index is 602. The zero-order valence-electron chi connectivity index (χ0n) is 13.3. The summed E-state index contributed by atoms with van der Waals surface area (Å²) in [4.78, 5) is 13.5. The molecule has 0 fully saturated rings. The first-order valence-corrected chi connectivity index (χ1v) is 8.97. The molecule has 1 aromatic rings.